The van der Waals surface area contributed by atoms with Crippen molar-refractivity contribution in [3.8, 4) is 0 Å². The van der Waals surface area contributed by atoms with Crippen LogP contribution in [0.3, 0.4) is 0 Å². The van der Waals surface area contributed by atoms with Crippen molar-refractivity contribution < 1.29 is 0 Å². The van der Waals surface area contributed by atoms with Crippen molar-refractivity contribution in [2.45, 2.75) is 31.3 Å². The third-order valence-electron chi connectivity index (χ3n) is 6.75. The predicted molar refractivity (Wildman–Crippen MR) is 121 cm³/mol. The lowest BCUT2D eigenvalue weighted by molar-refractivity contribution is 0.178. The Morgan fingerprint density at radius 3 is 2.50 bits per heavy atom. The van der Waals surface area contributed by atoms with E-state index in [0.717, 1.165) is 43.8 Å². The number of hydrogen-bond donors (Lipinski definition) is 1. The molecular formula is C25H27N5. The van der Waals surface area contributed by atoms with Gasteiger partial charge in [-0.05, 0) is 42.7 Å². The van der Waals surface area contributed by atoms with Crippen molar-refractivity contribution in [2.24, 2.45) is 0 Å². The average Bonchev–Trinajstić information content (AvgIpc) is 3.12. The van der Waals surface area contributed by atoms with Crippen LogP contribution in [0.25, 0.3) is 21.9 Å². The van der Waals surface area contributed by atoms with E-state index in [2.05, 4.69) is 68.3 Å². The maximum Gasteiger partial charge on any atom is 0.115 e. The van der Waals surface area contributed by atoms with Crippen LogP contribution in [-0.4, -0.2) is 45.6 Å². The molecule has 0 bridgehead atoms. The molecule has 1 N–H and O–H groups in total. The molecule has 30 heavy (non-hydrogen) atoms. The van der Waals surface area contributed by atoms with Crippen LogP contribution in [0.5, 0.6) is 0 Å². The standard InChI is InChI=1S/C25H27N5/c1-2-6-22-19(5-1)13-18(14-27-22)17-29-11-9-21(10-12-29)30-24-8-4-3-7-23(24)28-25(30)20-15-26-16-20/h1-8,13-14,20-21,26H,9-12,15-17H2. The van der Waals surface area contributed by atoms with Crippen molar-refractivity contribution in [2.75, 3.05) is 26.2 Å². The van der Waals surface area contributed by atoms with Gasteiger partial charge in [0.1, 0.15) is 5.82 Å². The molecule has 2 fully saturated rings. The van der Waals surface area contributed by atoms with E-state index >= 15 is 0 Å². The van der Waals surface area contributed by atoms with Gasteiger partial charge in [0.2, 0.25) is 0 Å². The number of para-hydroxylation sites is 3. The van der Waals surface area contributed by atoms with E-state index in [1.807, 2.05) is 12.3 Å². The lowest BCUT2D eigenvalue weighted by atomic mass is 9.99. The molecule has 2 aromatic carbocycles. The first-order valence-corrected chi connectivity index (χ1v) is 11.1. The van der Waals surface area contributed by atoms with Crippen LogP contribution in [0, 0.1) is 0 Å². The van der Waals surface area contributed by atoms with E-state index in [9.17, 15) is 0 Å². The highest BCUT2D eigenvalue weighted by molar-refractivity contribution is 5.78. The molecule has 152 valence electrons. The molecule has 4 heterocycles. The molecule has 0 spiro atoms. The second-order valence-corrected chi connectivity index (χ2v) is 8.73. The minimum Gasteiger partial charge on any atom is -0.324 e. The van der Waals surface area contributed by atoms with Gasteiger partial charge in [-0.25, -0.2) is 4.98 Å². The Balaban J connectivity index is 1.20. The van der Waals surface area contributed by atoms with Gasteiger partial charge in [0, 0.05) is 56.3 Å². The zero-order chi connectivity index (χ0) is 19.9. The van der Waals surface area contributed by atoms with Gasteiger partial charge in [-0.15, -0.1) is 0 Å². The topological polar surface area (TPSA) is 46.0 Å². The highest BCUT2D eigenvalue weighted by Crippen LogP contribution is 2.33. The van der Waals surface area contributed by atoms with E-state index in [1.54, 1.807) is 0 Å². The summed E-state index contributed by atoms with van der Waals surface area (Å²) < 4.78 is 2.57. The number of likely N-dealkylation sites (tertiary alicyclic amines) is 1. The van der Waals surface area contributed by atoms with E-state index in [1.165, 1.54) is 35.1 Å². The number of piperidine rings is 1. The fourth-order valence-corrected chi connectivity index (χ4v) is 5.00. The highest BCUT2D eigenvalue weighted by atomic mass is 15.2. The number of nitrogens with one attached hydrogen (secondary N) is 1. The number of fused-ring (bicyclic) bond motifs is 2. The smallest absolute Gasteiger partial charge is 0.115 e. The van der Waals surface area contributed by atoms with E-state index in [0.29, 0.717) is 12.0 Å². The molecule has 5 nitrogen and oxygen atoms in total. The third kappa shape index (κ3) is 3.18. The molecule has 6 rings (SSSR count). The minimum absolute atomic E-state index is 0.541. The van der Waals surface area contributed by atoms with Crippen LogP contribution in [0.1, 0.15) is 36.2 Å². The Morgan fingerprint density at radius 1 is 0.933 bits per heavy atom. The lowest BCUT2D eigenvalue weighted by Gasteiger charge is -2.35. The predicted octanol–water partition coefficient (Wildman–Crippen LogP) is 4.11. The molecule has 0 saturated carbocycles. The van der Waals surface area contributed by atoms with Gasteiger partial charge in [-0.1, -0.05) is 30.3 Å². The van der Waals surface area contributed by atoms with Crippen LogP contribution < -0.4 is 5.32 Å². The Kier molecular flexibility index (Phi) is 4.51. The molecule has 0 amide bonds. The number of pyridine rings is 1. The summed E-state index contributed by atoms with van der Waals surface area (Å²) in [5, 5.41) is 4.64. The summed E-state index contributed by atoms with van der Waals surface area (Å²) in [6.07, 6.45) is 4.39. The van der Waals surface area contributed by atoms with Crippen LogP contribution >= 0.6 is 0 Å². The molecular weight excluding hydrogens is 370 g/mol. The van der Waals surface area contributed by atoms with Crippen molar-refractivity contribution >= 4 is 21.9 Å². The highest BCUT2D eigenvalue weighted by Gasteiger charge is 2.30. The Hall–Kier alpha value is -2.76. The van der Waals surface area contributed by atoms with Crippen molar-refractivity contribution in [3.05, 3.63) is 72.2 Å². The van der Waals surface area contributed by atoms with Gasteiger partial charge in [-0.3, -0.25) is 9.88 Å². The first kappa shape index (κ1) is 18.0. The molecule has 2 aliphatic heterocycles. The van der Waals surface area contributed by atoms with Crippen LogP contribution in [-0.2, 0) is 6.54 Å². The summed E-state index contributed by atoms with van der Waals surface area (Å²) >= 11 is 0. The first-order valence-electron chi connectivity index (χ1n) is 11.1. The van der Waals surface area contributed by atoms with Gasteiger partial charge in [0.25, 0.3) is 0 Å². The summed E-state index contributed by atoms with van der Waals surface area (Å²) in [4.78, 5) is 12.2. The number of benzene rings is 2. The van der Waals surface area contributed by atoms with Crippen molar-refractivity contribution in [1.82, 2.24) is 24.8 Å². The van der Waals surface area contributed by atoms with Gasteiger partial charge in [0.05, 0.1) is 16.6 Å². The maximum atomic E-state index is 5.03. The summed E-state index contributed by atoms with van der Waals surface area (Å²) in [5.74, 6) is 1.84. The number of imidazole rings is 1. The summed E-state index contributed by atoms with van der Waals surface area (Å²) in [5.41, 5.74) is 4.83. The SMILES string of the molecule is c1ccc2ncc(CN3CCC(n4c(C5CNC5)nc5ccccc54)CC3)cc2c1. The second kappa shape index (κ2) is 7.49. The van der Waals surface area contributed by atoms with Gasteiger partial charge < -0.3 is 9.88 Å². The second-order valence-electron chi connectivity index (χ2n) is 8.73. The molecule has 0 aliphatic carbocycles. The zero-order valence-electron chi connectivity index (χ0n) is 17.2. The summed E-state index contributed by atoms with van der Waals surface area (Å²) in [6.45, 7) is 5.32. The first-order chi connectivity index (χ1) is 14.8. The van der Waals surface area contributed by atoms with E-state index in [-0.39, 0.29) is 0 Å². The number of rotatable bonds is 4. The Labute approximate surface area is 176 Å². The molecule has 4 aromatic rings. The van der Waals surface area contributed by atoms with E-state index < -0.39 is 0 Å². The van der Waals surface area contributed by atoms with Crippen molar-refractivity contribution in [3.63, 3.8) is 0 Å². The normalized spacial score (nSPS) is 18.8. The van der Waals surface area contributed by atoms with E-state index in [4.69, 9.17) is 4.98 Å². The molecule has 0 unspecified atom stereocenters. The molecule has 2 aliphatic rings. The van der Waals surface area contributed by atoms with Crippen LogP contribution in [0.4, 0.5) is 0 Å². The lowest BCUT2D eigenvalue weighted by Crippen LogP contribution is -2.42. The summed E-state index contributed by atoms with van der Waals surface area (Å²) in [6, 6.07) is 19.8. The van der Waals surface area contributed by atoms with Gasteiger partial charge >= 0.3 is 0 Å². The Morgan fingerprint density at radius 2 is 1.70 bits per heavy atom. The average molecular weight is 398 g/mol. The number of hydrogen-bond acceptors (Lipinski definition) is 4. The fraction of sp³-hybridized carbons (Fsp3) is 0.360. The Bertz CT molecular complexity index is 1180. The molecule has 0 radical (unpaired) electrons. The van der Waals surface area contributed by atoms with Crippen LogP contribution in [0.15, 0.2) is 60.8 Å². The fourth-order valence-electron chi connectivity index (χ4n) is 5.00. The largest absolute Gasteiger partial charge is 0.324 e. The molecule has 5 heteroatoms. The number of nitrogens with zero attached hydrogens (tertiary/aromatic N) is 4. The third-order valence-corrected chi connectivity index (χ3v) is 6.75. The molecule has 2 saturated heterocycles. The van der Waals surface area contributed by atoms with Gasteiger partial charge in [0.15, 0.2) is 0 Å². The quantitative estimate of drug-likeness (QED) is 0.563. The van der Waals surface area contributed by atoms with Gasteiger partial charge in [-0.2, -0.15) is 0 Å². The van der Waals surface area contributed by atoms with Crippen molar-refractivity contribution in [1.29, 1.82) is 0 Å². The number of aromatic nitrogens is 3. The molecule has 2 aromatic heterocycles. The monoisotopic (exact) mass is 397 g/mol. The zero-order valence-corrected chi connectivity index (χ0v) is 17.2. The van der Waals surface area contributed by atoms with Crippen LogP contribution in [0.2, 0.25) is 0 Å². The maximum absolute atomic E-state index is 5.03. The summed E-state index contributed by atoms with van der Waals surface area (Å²) in [7, 11) is 0. The minimum atomic E-state index is 0.541. The molecule has 0 atom stereocenters.